The number of hydrogen-bond donors (Lipinski definition) is 3. The number of likely N-dealkylation sites (N-methyl/N-ethyl adjacent to an activating group) is 1. The first-order valence-electron chi connectivity index (χ1n) is 10.1. The lowest BCUT2D eigenvalue weighted by molar-refractivity contribution is -1.01. The highest BCUT2D eigenvalue weighted by atomic mass is 16.4. The molecule has 0 spiro atoms. The fourth-order valence-electron chi connectivity index (χ4n) is 4.16. The molecular weight excluding hydrogens is 352 g/mol. The van der Waals surface area contributed by atoms with Crippen molar-refractivity contribution in [3.8, 4) is 16.9 Å². The molecule has 0 unspecified atom stereocenters. The Kier molecular flexibility index (Phi) is 5.20. The number of benzene rings is 2. The Labute approximate surface area is 164 Å². The molecule has 5 heteroatoms. The van der Waals surface area contributed by atoms with Crippen LogP contribution in [0.3, 0.4) is 0 Å². The highest BCUT2D eigenvalue weighted by Gasteiger charge is 2.25. The Balaban J connectivity index is 1.89. The SMILES string of the molecule is CCc1cc2c(-c3ccccc3)cc(=O)oc2c(C[NH+]2CC[NH+](C)CC2)c1O. The van der Waals surface area contributed by atoms with Gasteiger partial charge >= 0.3 is 5.63 Å². The maximum atomic E-state index is 12.4. The predicted octanol–water partition coefficient (Wildman–Crippen LogP) is 0.641. The van der Waals surface area contributed by atoms with Crippen LogP contribution in [0.4, 0.5) is 0 Å². The van der Waals surface area contributed by atoms with Crippen LogP contribution in [0.1, 0.15) is 18.1 Å². The van der Waals surface area contributed by atoms with Gasteiger partial charge in [0, 0.05) is 11.5 Å². The summed E-state index contributed by atoms with van der Waals surface area (Å²) in [5, 5.41) is 11.8. The van der Waals surface area contributed by atoms with Gasteiger partial charge in [-0.3, -0.25) is 0 Å². The van der Waals surface area contributed by atoms with E-state index in [1.807, 2.05) is 43.3 Å². The van der Waals surface area contributed by atoms with Gasteiger partial charge in [-0.15, -0.1) is 0 Å². The summed E-state index contributed by atoms with van der Waals surface area (Å²) in [6.45, 7) is 7.03. The molecular formula is C23H28N2O3+2. The molecule has 1 aromatic heterocycles. The Morgan fingerprint density at radius 3 is 2.46 bits per heavy atom. The fraction of sp³-hybridized carbons (Fsp3) is 0.348. The van der Waals surface area contributed by atoms with Crippen molar-refractivity contribution < 1.29 is 19.3 Å². The third-order valence-corrected chi connectivity index (χ3v) is 5.89. The minimum absolute atomic E-state index is 0.280. The van der Waals surface area contributed by atoms with Gasteiger partial charge in [0.05, 0.1) is 12.6 Å². The molecule has 0 amide bonds. The molecule has 2 heterocycles. The zero-order valence-electron chi connectivity index (χ0n) is 16.5. The van der Waals surface area contributed by atoms with Gasteiger partial charge in [0.25, 0.3) is 0 Å². The molecule has 1 aliphatic heterocycles. The second-order valence-electron chi connectivity index (χ2n) is 7.82. The Morgan fingerprint density at radius 1 is 1.07 bits per heavy atom. The third kappa shape index (κ3) is 3.55. The van der Waals surface area contributed by atoms with Crippen molar-refractivity contribution in [1.82, 2.24) is 0 Å². The Morgan fingerprint density at radius 2 is 1.79 bits per heavy atom. The second kappa shape index (κ2) is 7.78. The van der Waals surface area contributed by atoms with Crippen LogP contribution in [0, 0.1) is 0 Å². The van der Waals surface area contributed by atoms with Crippen LogP contribution in [-0.2, 0) is 13.0 Å². The van der Waals surface area contributed by atoms with Crippen LogP contribution in [-0.4, -0.2) is 38.3 Å². The second-order valence-corrected chi connectivity index (χ2v) is 7.82. The molecule has 0 radical (unpaired) electrons. The van der Waals surface area contributed by atoms with E-state index in [-0.39, 0.29) is 11.4 Å². The van der Waals surface area contributed by atoms with Crippen LogP contribution in [0.5, 0.6) is 5.75 Å². The predicted molar refractivity (Wildman–Crippen MR) is 110 cm³/mol. The Bertz CT molecular complexity index is 1040. The van der Waals surface area contributed by atoms with Crippen molar-refractivity contribution in [2.24, 2.45) is 0 Å². The largest absolute Gasteiger partial charge is 0.507 e. The maximum absolute atomic E-state index is 12.4. The quantitative estimate of drug-likeness (QED) is 0.583. The lowest BCUT2D eigenvalue weighted by Crippen LogP contribution is -3.26. The van der Waals surface area contributed by atoms with Crippen LogP contribution in [0.15, 0.2) is 51.7 Å². The summed E-state index contributed by atoms with van der Waals surface area (Å²) in [5.74, 6) is 0.280. The van der Waals surface area contributed by atoms with Gasteiger partial charge in [-0.2, -0.15) is 0 Å². The summed E-state index contributed by atoms with van der Waals surface area (Å²) < 4.78 is 5.66. The van der Waals surface area contributed by atoms with Crippen molar-refractivity contribution >= 4 is 11.0 Å². The van der Waals surface area contributed by atoms with E-state index in [4.69, 9.17) is 4.42 Å². The molecule has 146 valence electrons. The van der Waals surface area contributed by atoms with Crippen molar-refractivity contribution in [2.45, 2.75) is 19.9 Å². The van der Waals surface area contributed by atoms with Crippen molar-refractivity contribution in [1.29, 1.82) is 0 Å². The van der Waals surface area contributed by atoms with Crippen molar-refractivity contribution in [2.75, 3.05) is 33.2 Å². The summed E-state index contributed by atoms with van der Waals surface area (Å²) >= 11 is 0. The minimum Gasteiger partial charge on any atom is -0.507 e. The first-order chi connectivity index (χ1) is 13.6. The van der Waals surface area contributed by atoms with Crippen molar-refractivity contribution in [3.05, 3.63) is 64.0 Å². The number of hydrogen-bond acceptors (Lipinski definition) is 3. The summed E-state index contributed by atoms with van der Waals surface area (Å²) in [5.41, 5.74) is 3.65. The average molecular weight is 380 g/mol. The maximum Gasteiger partial charge on any atom is 0.336 e. The number of aromatic hydroxyl groups is 1. The molecule has 0 bridgehead atoms. The first kappa shape index (κ1) is 18.7. The number of piperazine rings is 1. The lowest BCUT2D eigenvalue weighted by atomic mass is 9.96. The van der Waals surface area contributed by atoms with Gasteiger partial charge in [-0.25, -0.2) is 4.79 Å². The fourth-order valence-corrected chi connectivity index (χ4v) is 4.16. The van der Waals surface area contributed by atoms with E-state index >= 15 is 0 Å². The summed E-state index contributed by atoms with van der Waals surface area (Å²) in [4.78, 5) is 15.3. The van der Waals surface area contributed by atoms with Gasteiger partial charge in [0.2, 0.25) is 0 Å². The molecule has 0 aliphatic carbocycles. The van der Waals surface area contributed by atoms with E-state index in [0.29, 0.717) is 12.1 Å². The number of nitrogens with one attached hydrogen (secondary N) is 2. The zero-order chi connectivity index (χ0) is 19.7. The molecule has 1 saturated heterocycles. The summed E-state index contributed by atoms with van der Waals surface area (Å²) in [6.07, 6.45) is 0.727. The highest BCUT2D eigenvalue weighted by Crippen LogP contribution is 2.35. The van der Waals surface area contributed by atoms with Crippen LogP contribution < -0.4 is 15.4 Å². The van der Waals surface area contributed by atoms with E-state index in [0.717, 1.165) is 60.2 Å². The monoisotopic (exact) mass is 380 g/mol. The molecule has 4 rings (SSSR count). The number of aryl methyl sites for hydroxylation is 1. The third-order valence-electron chi connectivity index (χ3n) is 5.89. The van der Waals surface area contributed by atoms with Gasteiger partial charge in [0.1, 0.15) is 38.5 Å². The molecule has 1 fully saturated rings. The first-order valence-corrected chi connectivity index (χ1v) is 10.1. The zero-order valence-corrected chi connectivity index (χ0v) is 16.5. The van der Waals surface area contributed by atoms with Crippen molar-refractivity contribution in [3.63, 3.8) is 0 Å². The molecule has 3 N–H and O–H groups in total. The molecule has 2 aromatic carbocycles. The van der Waals surface area contributed by atoms with Crippen LogP contribution in [0.2, 0.25) is 0 Å². The molecule has 0 atom stereocenters. The number of fused-ring (bicyclic) bond motifs is 1. The summed E-state index contributed by atoms with van der Waals surface area (Å²) in [6, 6.07) is 13.4. The molecule has 28 heavy (non-hydrogen) atoms. The smallest absolute Gasteiger partial charge is 0.336 e. The molecule has 5 nitrogen and oxygen atoms in total. The number of phenols is 1. The molecule has 1 aliphatic rings. The standard InChI is InChI=1S/C23H26N2O3/c1-3-16-13-19-18(17-7-5-4-6-8-17)14-21(26)28-23(19)20(22(16)27)15-25-11-9-24(2)10-12-25/h4-8,13-14,27H,3,9-12,15H2,1-2H3/p+2. The molecule has 3 aromatic rings. The van der Waals surface area contributed by atoms with E-state index in [2.05, 4.69) is 7.05 Å². The van der Waals surface area contributed by atoms with Gasteiger partial charge < -0.3 is 19.3 Å². The topological polar surface area (TPSA) is 59.3 Å². The molecule has 0 saturated carbocycles. The number of phenolic OH excluding ortho intramolecular Hbond substituents is 1. The van der Waals surface area contributed by atoms with Gasteiger partial charge in [-0.1, -0.05) is 37.3 Å². The van der Waals surface area contributed by atoms with E-state index < -0.39 is 0 Å². The highest BCUT2D eigenvalue weighted by molar-refractivity contribution is 5.96. The van der Waals surface area contributed by atoms with Gasteiger partial charge in [-0.05, 0) is 29.2 Å². The van der Waals surface area contributed by atoms with Gasteiger partial charge in [0.15, 0.2) is 5.58 Å². The normalized spacial score (nSPS) is 19.8. The van der Waals surface area contributed by atoms with E-state index in [9.17, 15) is 9.90 Å². The number of quaternary nitrogens is 2. The summed E-state index contributed by atoms with van der Waals surface area (Å²) in [7, 11) is 2.21. The van der Waals surface area contributed by atoms with E-state index in [1.165, 1.54) is 9.80 Å². The number of rotatable bonds is 4. The van der Waals surface area contributed by atoms with E-state index in [1.54, 1.807) is 6.07 Å². The van der Waals surface area contributed by atoms with Crippen LogP contribution >= 0.6 is 0 Å². The Hall–Kier alpha value is -2.63. The lowest BCUT2D eigenvalue weighted by Gasteiger charge is -2.28. The minimum atomic E-state index is -0.380. The average Bonchev–Trinajstić information content (AvgIpc) is 2.71. The van der Waals surface area contributed by atoms with Crippen LogP contribution in [0.25, 0.3) is 22.1 Å².